The minimum absolute atomic E-state index is 0.175. The summed E-state index contributed by atoms with van der Waals surface area (Å²) in [6.45, 7) is 0.814. The molecule has 0 aliphatic carbocycles. The number of hydrogen-bond acceptors (Lipinski definition) is 4. The highest BCUT2D eigenvalue weighted by Crippen LogP contribution is 2.30. The van der Waals surface area contributed by atoms with E-state index < -0.39 is 0 Å². The van der Waals surface area contributed by atoms with Crippen LogP contribution in [0.4, 0.5) is 0 Å². The molecule has 1 aliphatic rings. The molecule has 3 rings (SSSR count). The number of rotatable bonds is 4. The van der Waals surface area contributed by atoms with Crippen molar-refractivity contribution in [3.05, 3.63) is 60.4 Å². The molecule has 0 bridgehead atoms. The number of hydrogen-bond donors (Lipinski definition) is 1. The molecule has 22 heavy (non-hydrogen) atoms. The molecule has 1 aromatic heterocycles. The topological polar surface area (TPSA) is 60.5 Å². The fourth-order valence-corrected chi connectivity index (χ4v) is 2.08. The Kier molecular flexibility index (Phi) is 4.34. The third kappa shape index (κ3) is 3.63. The van der Waals surface area contributed by atoms with Crippen LogP contribution in [0.25, 0.3) is 6.08 Å². The van der Waals surface area contributed by atoms with Gasteiger partial charge in [0.25, 0.3) is 0 Å². The number of fused-ring (bicyclic) bond motifs is 1. The SMILES string of the molecule is O=C(/C=C/c1cccnc1)NCC1COc2ccccc2O1. The van der Waals surface area contributed by atoms with Gasteiger partial charge >= 0.3 is 0 Å². The summed E-state index contributed by atoms with van der Waals surface area (Å²) in [6, 6.07) is 11.2. The number of amides is 1. The fourth-order valence-electron chi connectivity index (χ4n) is 2.08. The zero-order valence-electron chi connectivity index (χ0n) is 11.9. The van der Waals surface area contributed by atoms with Gasteiger partial charge in [-0.3, -0.25) is 9.78 Å². The summed E-state index contributed by atoms with van der Waals surface area (Å²) in [6.07, 6.45) is 6.39. The first kappa shape index (κ1) is 14.1. The maximum absolute atomic E-state index is 11.8. The van der Waals surface area contributed by atoms with Crippen LogP contribution in [0.1, 0.15) is 5.56 Å². The standard InChI is InChI=1S/C17H16N2O3/c20-17(8-7-13-4-3-9-18-10-13)19-11-14-12-21-15-5-1-2-6-16(15)22-14/h1-10,14H,11-12H2,(H,19,20)/b8-7+. The minimum atomic E-state index is -0.189. The van der Waals surface area contributed by atoms with Gasteiger partial charge in [-0.25, -0.2) is 0 Å². The molecule has 0 saturated heterocycles. The van der Waals surface area contributed by atoms with Crippen LogP contribution in [0, 0.1) is 0 Å². The van der Waals surface area contributed by atoms with E-state index in [-0.39, 0.29) is 12.0 Å². The summed E-state index contributed by atoms with van der Waals surface area (Å²) >= 11 is 0. The minimum Gasteiger partial charge on any atom is -0.486 e. The summed E-state index contributed by atoms with van der Waals surface area (Å²) in [5.74, 6) is 1.27. The number of nitrogens with zero attached hydrogens (tertiary/aromatic N) is 1. The first-order valence-corrected chi connectivity index (χ1v) is 7.06. The molecule has 1 unspecified atom stereocenters. The second-order valence-corrected chi connectivity index (χ2v) is 4.86. The zero-order chi connectivity index (χ0) is 15.2. The molecule has 2 heterocycles. The van der Waals surface area contributed by atoms with E-state index in [1.165, 1.54) is 6.08 Å². The molecular formula is C17H16N2O3. The van der Waals surface area contributed by atoms with Gasteiger partial charge in [0.05, 0.1) is 6.54 Å². The Hall–Kier alpha value is -2.82. The van der Waals surface area contributed by atoms with E-state index >= 15 is 0 Å². The lowest BCUT2D eigenvalue weighted by molar-refractivity contribution is -0.116. The van der Waals surface area contributed by atoms with Crippen LogP contribution in [0.15, 0.2) is 54.9 Å². The molecular weight excluding hydrogens is 280 g/mol. The Labute approximate surface area is 128 Å². The highest BCUT2D eigenvalue weighted by atomic mass is 16.6. The van der Waals surface area contributed by atoms with E-state index in [0.29, 0.717) is 18.9 Å². The first-order chi connectivity index (χ1) is 10.8. The normalized spacial score (nSPS) is 16.5. The number of aromatic nitrogens is 1. The molecule has 0 spiro atoms. The molecule has 2 aromatic rings. The molecule has 1 amide bonds. The van der Waals surface area contributed by atoms with Crippen LogP contribution in [0.3, 0.4) is 0 Å². The van der Waals surface area contributed by atoms with Crippen molar-refractivity contribution in [1.29, 1.82) is 0 Å². The van der Waals surface area contributed by atoms with Gasteiger partial charge < -0.3 is 14.8 Å². The van der Waals surface area contributed by atoms with Crippen LogP contribution in [-0.2, 0) is 4.79 Å². The van der Waals surface area contributed by atoms with Crippen molar-refractivity contribution >= 4 is 12.0 Å². The summed E-state index contributed by atoms with van der Waals surface area (Å²) in [5, 5.41) is 2.80. The van der Waals surface area contributed by atoms with Crippen LogP contribution >= 0.6 is 0 Å². The summed E-state index contributed by atoms with van der Waals surface area (Å²) in [4.78, 5) is 15.8. The summed E-state index contributed by atoms with van der Waals surface area (Å²) < 4.78 is 11.4. The Morgan fingerprint density at radius 2 is 2.14 bits per heavy atom. The van der Waals surface area contributed by atoms with Crippen molar-refractivity contribution in [2.45, 2.75) is 6.10 Å². The average molecular weight is 296 g/mol. The van der Waals surface area contributed by atoms with E-state index in [2.05, 4.69) is 10.3 Å². The number of nitrogens with one attached hydrogen (secondary N) is 1. The van der Waals surface area contributed by atoms with Crippen molar-refractivity contribution in [3.63, 3.8) is 0 Å². The van der Waals surface area contributed by atoms with E-state index in [9.17, 15) is 4.79 Å². The first-order valence-electron chi connectivity index (χ1n) is 7.06. The molecule has 112 valence electrons. The number of pyridine rings is 1. The molecule has 5 nitrogen and oxygen atoms in total. The predicted octanol–water partition coefficient (Wildman–Crippen LogP) is 2.05. The van der Waals surface area contributed by atoms with Gasteiger partial charge in [0.1, 0.15) is 12.7 Å². The van der Waals surface area contributed by atoms with Gasteiger partial charge in [-0.15, -0.1) is 0 Å². The van der Waals surface area contributed by atoms with Crippen LogP contribution in [0.5, 0.6) is 11.5 Å². The smallest absolute Gasteiger partial charge is 0.244 e. The van der Waals surface area contributed by atoms with E-state index in [0.717, 1.165) is 11.3 Å². The third-order valence-corrected chi connectivity index (χ3v) is 3.18. The van der Waals surface area contributed by atoms with E-state index in [1.54, 1.807) is 18.5 Å². The van der Waals surface area contributed by atoms with Gasteiger partial charge in [0.15, 0.2) is 11.5 Å². The number of ether oxygens (including phenoxy) is 2. The summed E-state index contributed by atoms with van der Waals surface area (Å²) in [7, 11) is 0. The van der Waals surface area contributed by atoms with E-state index in [4.69, 9.17) is 9.47 Å². The van der Waals surface area contributed by atoms with Crippen molar-refractivity contribution in [1.82, 2.24) is 10.3 Å². The lowest BCUT2D eigenvalue weighted by atomic mass is 10.2. The predicted molar refractivity (Wildman–Crippen MR) is 82.6 cm³/mol. The number of carbonyl (C=O) groups is 1. The summed E-state index contributed by atoms with van der Waals surface area (Å²) in [5.41, 5.74) is 0.879. The number of carbonyl (C=O) groups excluding carboxylic acids is 1. The van der Waals surface area contributed by atoms with Gasteiger partial charge in [0.2, 0.25) is 5.91 Å². The Morgan fingerprint density at radius 1 is 1.27 bits per heavy atom. The molecule has 0 radical (unpaired) electrons. The zero-order valence-corrected chi connectivity index (χ0v) is 11.9. The van der Waals surface area contributed by atoms with Crippen molar-refractivity contribution in [2.75, 3.05) is 13.2 Å². The largest absolute Gasteiger partial charge is 0.486 e. The number of para-hydroxylation sites is 2. The lowest BCUT2D eigenvalue weighted by Crippen LogP contribution is -2.40. The molecule has 1 aromatic carbocycles. The monoisotopic (exact) mass is 296 g/mol. The second-order valence-electron chi connectivity index (χ2n) is 4.86. The fraction of sp³-hybridized carbons (Fsp3) is 0.176. The van der Waals surface area contributed by atoms with Crippen LogP contribution < -0.4 is 14.8 Å². The molecule has 1 atom stereocenters. The van der Waals surface area contributed by atoms with Crippen LogP contribution in [0.2, 0.25) is 0 Å². The maximum Gasteiger partial charge on any atom is 0.244 e. The van der Waals surface area contributed by atoms with Crippen LogP contribution in [-0.4, -0.2) is 30.1 Å². The highest BCUT2D eigenvalue weighted by molar-refractivity contribution is 5.91. The lowest BCUT2D eigenvalue weighted by Gasteiger charge is -2.26. The molecule has 0 saturated carbocycles. The highest BCUT2D eigenvalue weighted by Gasteiger charge is 2.20. The van der Waals surface area contributed by atoms with Gasteiger partial charge in [-0.2, -0.15) is 0 Å². The quantitative estimate of drug-likeness (QED) is 0.877. The Morgan fingerprint density at radius 3 is 2.95 bits per heavy atom. The van der Waals surface area contributed by atoms with Crippen molar-refractivity contribution < 1.29 is 14.3 Å². The molecule has 1 aliphatic heterocycles. The Balaban J connectivity index is 1.49. The molecule has 1 N–H and O–H groups in total. The maximum atomic E-state index is 11.8. The molecule has 5 heteroatoms. The second kappa shape index (κ2) is 6.76. The number of benzene rings is 1. The third-order valence-electron chi connectivity index (χ3n) is 3.18. The van der Waals surface area contributed by atoms with Gasteiger partial charge in [0, 0.05) is 18.5 Å². The Bertz CT molecular complexity index is 671. The van der Waals surface area contributed by atoms with E-state index in [1.807, 2.05) is 36.4 Å². The van der Waals surface area contributed by atoms with Crippen molar-refractivity contribution in [2.24, 2.45) is 0 Å². The van der Waals surface area contributed by atoms with Crippen molar-refractivity contribution in [3.8, 4) is 11.5 Å². The van der Waals surface area contributed by atoms with Gasteiger partial charge in [-0.05, 0) is 29.8 Å². The molecule has 0 fully saturated rings. The van der Waals surface area contributed by atoms with Gasteiger partial charge in [-0.1, -0.05) is 18.2 Å². The average Bonchev–Trinajstić information content (AvgIpc) is 2.59.